The number of rotatable bonds is 6. The molecule has 2 aliphatic rings. The van der Waals surface area contributed by atoms with Crippen LogP contribution in [-0.4, -0.2) is 18.1 Å². The Hall–Kier alpha value is -3.25. The molecule has 0 saturated carbocycles. The van der Waals surface area contributed by atoms with E-state index in [0.29, 0.717) is 17.5 Å². The molecule has 36 heavy (non-hydrogen) atoms. The third-order valence-corrected chi connectivity index (χ3v) is 28.4. The van der Waals surface area contributed by atoms with Crippen LogP contribution in [0.4, 0.5) is 0 Å². The Kier molecular flexibility index (Phi) is 6.56. The molecule has 0 spiro atoms. The van der Waals surface area contributed by atoms with Crippen LogP contribution in [-0.2, 0) is 21.5 Å². The van der Waals surface area contributed by atoms with Gasteiger partial charge in [-0.3, -0.25) is 0 Å². The summed E-state index contributed by atoms with van der Waals surface area (Å²) in [5, 5.41) is 0. The first-order chi connectivity index (χ1) is 17.4. The number of allylic oxidation sites excluding steroid dienone is 5. The topological polar surface area (TPSA) is 52.6 Å². The molecule has 0 aromatic heterocycles. The van der Waals surface area contributed by atoms with E-state index in [9.17, 15) is 9.59 Å². The Morgan fingerprint density at radius 2 is 1.36 bits per heavy atom. The van der Waals surface area contributed by atoms with E-state index < -0.39 is 32.9 Å². The van der Waals surface area contributed by atoms with Crippen LogP contribution >= 0.6 is 0 Å². The molecule has 0 N–H and O–H groups in total. The molecule has 180 valence electrons. The fourth-order valence-corrected chi connectivity index (χ4v) is 24.0. The summed E-state index contributed by atoms with van der Waals surface area (Å²) in [4.78, 5) is 27.8. The van der Waals surface area contributed by atoms with Crippen molar-refractivity contribution in [2.24, 2.45) is 0 Å². The van der Waals surface area contributed by atoms with E-state index in [1.165, 1.54) is 0 Å². The third-order valence-electron chi connectivity index (χ3n) is 7.30. The molecule has 0 amide bonds. The summed E-state index contributed by atoms with van der Waals surface area (Å²) in [6, 6.07) is 26.1. The monoisotopic (exact) mass is 528 g/mol. The van der Waals surface area contributed by atoms with E-state index in [-0.39, 0.29) is 4.22 Å². The van der Waals surface area contributed by atoms with Gasteiger partial charge in [0.2, 0.25) is 0 Å². The van der Waals surface area contributed by atoms with E-state index in [2.05, 4.69) is 43.5 Å². The van der Waals surface area contributed by atoms with Crippen molar-refractivity contribution >= 4 is 24.2 Å². The molecule has 2 aliphatic carbocycles. The minimum absolute atomic E-state index is 0.312. The van der Waals surface area contributed by atoms with Crippen molar-refractivity contribution in [1.29, 1.82) is 0 Å². The van der Waals surface area contributed by atoms with Gasteiger partial charge in [-0.05, 0) is 0 Å². The van der Waals surface area contributed by atoms with Crippen molar-refractivity contribution in [2.75, 3.05) is 0 Å². The predicted octanol–water partition coefficient (Wildman–Crippen LogP) is 7.08. The number of carbonyl (C=O) groups excluding carboxylic acids is 2. The van der Waals surface area contributed by atoms with Crippen LogP contribution in [0, 0.1) is 0 Å². The zero-order valence-electron chi connectivity index (χ0n) is 20.4. The second kappa shape index (κ2) is 9.66. The van der Waals surface area contributed by atoms with E-state index >= 15 is 0 Å². The second-order valence-electron chi connectivity index (χ2n) is 9.44. The summed E-state index contributed by atoms with van der Waals surface area (Å²) >= 11 is -5.22. The first-order valence-electron chi connectivity index (χ1n) is 12.1. The molecule has 5 rings (SSSR count). The molecule has 1 unspecified atom stereocenters. The van der Waals surface area contributed by atoms with Gasteiger partial charge in [0.25, 0.3) is 0 Å². The summed E-state index contributed by atoms with van der Waals surface area (Å²) in [6.45, 7) is 4.26. The summed E-state index contributed by atoms with van der Waals surface area (Å²) in [6.07, 6.45) is 9.29. The molecule has 0 radical (unpaired) electrons. The molecule has 1 atom stereocenters. The molecule has 4 nitrogen and oxygen atoms in total. The zero-order chi connectivity index (χ0) is 25.2. The van der Waals surface area contributed by atoms with Crippen LogP contribution in [0.2, 0.25) is 13.1 Å². The Morgan fingerprint density at radius 1 is 0.806 bits per heavy atom. The van der Waals surface area contributed by atoms with Crippen LogP contribution in [0.5, 0.6) is 0 Å². The standard InChI is InChI=1S/C9H7.2C7H6O2.C5H5.C2H6Si.Ti/c1-2-5-9-7-3-6-8(9)4-1;2*8-7(9)6-4-2-1-3-5-6;1-2-4-5-3-1;1-3-2;/h1-7H;2*1-5H,(H,8,9);1-3H,4H2;1-2H3;/q;;;;;+2/p-2. The molecule has 3 aromatic carbocycles. The predicted molar refractivity (Wildman–Crippen MR) is 141 cm³/mol. The SMILES string of the molecule is C[Si](C)=[Ti]([O]C(=O)c1ccccc1)([O]C(=O)c1ccccc1)([C]1=CC=CC1)[CH]1C=Cc2ccccc21. The molecular formula is C30H28O4SiTi. The minimum atomic E-state index is -5.22. The van der Waals surface area contributed by atoms with Crippen molar-refractivity contribution in [1.82, 2.24) is 0 Å². The van der Waals surface area contributed by atoms with Crippen LogP contribution < -0.4 is 0 Å². The summed E-state index contributed by atoms with van der Waals surface area (Å²) in [5.74, 6) is -0.879. The van der Waals surface area contributed by atoms with Gasteiger partial charge in [0.15, 0.2) is 0 Å². The number of hydrogen-bond donors (Lipinski definition) is 0. The number of hydrogen-bond acceptors (Lipinski definition) is 4. The Bertz CT molecular complexity index is 1440. The number of carbonyl (C=O) groups is 2. The number of fused-ring (bicyclic) bond motifs is 1. The first-order valence-corrected chi connectivity index (χ1v) is 19.9. The normalized spacial score (nSPS) is 16.3. The van der Waals surface area contributed by atoms with Gasteiger partial charge in [-0.2, -0.15) is 0 Å². The summed E-state index contributed by atoms with van der Waals surface area (Å²) in [5.41, 5.74) is 3.03. The fourth-order valence-electron chi connectivity index (χ4n) is 5.45. The fraction of sp³-hybridized carbons (Fsp3) is 0.133. The third kappa shape index (κ3) is 3.88. The molecular weight excluding hydrogens is 500 g/mol. The van der Waals surface area contributed by atoms with Crippen LogP contribution in [0.15, 0.2) is 113 Å². The van der Waals surface area contributed by atoms with Gasteiger partial charge in [0, 0.05) is 0 Å². The van der Waals surface area contributed by atoms with Crippen molar-refractivity contribution in [3.63, 3.8) is 0 Å². The van der Waals surface area contributed by atoms with Crippen LogP contribution in [0.1, 0.15) is 42.5 Å². The van der Waals surface area contributed by atoms with Gasteiger partial charge in [-0.25, -0.2) is 0 Å². The Morgan fingerprint density at radius 3 is 1.89 bits per heavy atom. The van der Waals surface area contributed by atoms with E-state index in [1.54, 1.807) is 24.3 Å². The van der Waals surface area contributed by atoms with Gasteiger partial charge in [-0.15, -0.1) is 0 Å². The molecule has 0 fully saturated rings. The number of benzene rings is 3. The molecule has 3 aromatic rings. The van der Waals surface area contributed by atoms with Gasteiger partial charge >= 0.3 is 214 Å². The van der Waals surface area contributed by atoms with Gasteiger partial charge in [-0.1, -0.05) is 0 Å². The zero-order valence-corrected chi connectivity index (χ0v) is 22.9. The van der Waals surface area contributed by atoms with E-state index in [0.717, 1.165) is 15.0 Å². The quantitative estimate of drug-likeness (QED) is 0.321. The molecule has 6 heteroatoms. The van der Waals surface area contributed by atoms with E-state index in [1.807, 2.05) is 60.7 Å². The maximum atomic E-state index is 13.9. The van der Waals surface area contributed by atoms with Crippen molar-refractivity contribution in [3.05, 3.63) is 135 Å². The van der Waals surface area contributed by atoms with Crippen LogP contribution in [0.3, 0.4) is 0 Å². The summed E-state index contributed by atoms with van der Waals surface area (Å²) in [7, 11) is 0. The summed E-state index contributed by atoms with van der Waals surface area (Å²) < 4.78 is 14.4. The van der Waals surface area contributed by atoms with Crippen molar-refractivity contribution < 1.29 is 31.0 Å². The molecule has 0 saturated heterocycles. The average Bonchev–Trinajstić information content (AvgIpc) is 3.61. The molecule has 0 aliphatic heterocycles. The van der Waals surface area contributed by atoms with Crippen molar-refractivity contribution in [3.8, 4) is 0 Å². The van der Waals surface area contributed by atoms with Gasteiger partial charge in [0.05, 0.1) is 0 Å². The maximum absolute atomic E-state index is 13.9. The second-order valence-corrected chi connectivity index (χ2v) is 26.2. The molecule has 0 bridgehead atoms. The Labute approximate surface area is 213 Å². The van der Waals surface area contributed by atoms with Crippen molar-refractivity contribution in [2.45, 2.75) is 23.7 Å². The van der Waals surface area contributed by atoms with Gasteiger partial charge < -0.3 is 0 Å². The first kappa shape index (κ1) is 24.4. The van der Waals surface area contributed by atoms with Gasteiger partial charge in [0.1, 0.15) is 0 Å². The van der Waals surface area contributed by atoms with E-state index in [4.69, 9.17) is 6.64 Å². The Balaban J connectivity index is 1.80. The van der Waals surface area contributed by atoms with Crippen LogP contribution in [0.25, 0.3) is 6.08 Å². The molecule has 0 heterocycles. The average molecular weight is 529 g/mol.